The Morgan fingerprint density at radius 2 is 1.92 bits per heavy atom. The molecule has 0 fully saturated rings. The van der Waals surface area contributed by atoms with Gasteiger partial charge in [-0.25, -0.2) is 0 Å². The third-order valence-electron chi connectivity index (χ3n) is 1.63. The van der Waals surface area contributed by atoms with E-state index in [-0.39, 0.29) is 0 Å². The monoisotopic (exact) mass is 182 g/mol. The molecule has 0 bridgehead atoms. The highest BCUT2D eigenvalue weighted by Crippen LogP contribution is 2.17. The van der Waals surface area contributed by atoms with Crippen molar-refractivity contribution in [3.8, 4) is 0 Å². The standard InChI is InChI=1S/C9H7ClO2/c1-6-2-8(10)3-7(4-11)9(6)5-12/h2-5H,1H3. The fraction of sp³-hybridized carbons (Fsp3) is 0.111. The molecule has 1 aromatic rings. The molecule has 62 valence electrons. The quantitative estimate of drug-likeness (QED) is 0.658. The summed E-state index contributed by atoms with van der Waals surface area (Å²) in [6, 6.07) is 3.13. The second-order valence-corrected chi connectivity index (χ2v) is 2.90. The maximum atomic E-state index is 10.5. The summed E-state index contributed by atoms with van der Waals surface area (Å²) in [7, 11) is 0. The van der Waals surface area contributed by atoms with Crippen molar-refractivity contribution in [1.82, 2.24) is 0 Å². The predicted octanol–water partition coefficient (Wildman–Crippen LogP) is 2.27. The molecule has 1 rings (SSSR count). The van der Waals surface area contributed by atoms with Crippen molar-refractivity contribution in [2.24, 2.45) is 0 Å². The Kier molecular flexibility index (Phi) is 2.61. The summed E-state index contributed by atoms with van der Waals surface area (Å²) in [5.74, 6) is 0. The fourth-order valence-corrected chi connectivity index (χ4v) is 1.32. The third kappa shape index (κ3) is 1.53. The zero-order valence-electron chi connectivity index (χ0n) is 6.50. The van der Waals surface area contributed by atoms with Gasteiger partial charge in [-0.2, -0.15) is 0 Å². The molecule has 0 heterocycles. The summed E-state index contributed by atoms with van der Waals surface area (Å²) in [5, 5.41) is 0.472. The van der Waals surface area contributed by atoms with Gasteiger partial charge < -0.3 is 0 Å². The summed E-state index contributed by atoms with van der Waals surface area (Å²) in [4.78, 5) is 21.0. The Hall–Kier alpha value is -1.15. The van der Waals surface area contributed by atoms with Crippen molar-refractivity contribution < 1.29 is 9.59 Å². The second kappa shape index (κ2) is 3.50. The zero-order chi connectivity index (χ0) is 9.14. The van der Waals surface area contributed by atoms with E-state index in [1.807, 2.05) is 0 Å². The highest BCUT2D eigenvalue weighted by Gasteiger charge is 2.05. The molecule has 2 nitrogen and oxygen atoms in total. The molecular formula is C9H7ClO2. The molecule has 0 spiro atoms. The van der Waals surface area contributed by atoms with E-state index in [9.17, 15) is 9.59 Å². The summed E-state index contributed by atoms with van der Waals surface area (Å²) >= 11 is 5.68. The van der Waals surface area contributed by atoms with Gasteiger partial charge in [0.2, 0.25) is 0 Å². The summed E-state index contributed by atoms with van der Waals surface area (Å²) < 4.78 is 0. The lowest BCUT2D eigenvalue weighted by Crippen LogP contribution is -1.94. The van der Waals surface area contributed by atoms with E-state index in [2.05, 4.69) is 0 Å². The fourth-order valence-electron chi connectivity index (χ4n) is 1.04. The van der Waals surface area contributed by atoms with Crippen LogP contribution in [0, 0.1) is 6.92 Å². The highest BCUT2D eigenvalue weighted by molar-refractivity contribution is 6.31. The summed E-state index contributed by atoms with van der Waals surface area (Å²) in [5.41, 5.74) is 1.48. The summed E-state index contributed by atoms with van der Waals surface area (Å²) in [6.07, 6.45) is 1.29. The molecule has 0 atom stereocenters. The highest BCUT2D eigenvalue weighted by atomic mass is 35.5. The van der Waals surface area contributed by atoms with Crippen LogP contribution in [0.3, 0.4) is 0 Å². The van der Waals surface area contributed by atoms with E-state index < -0.39 is 0 Å². The lowest BCUT2D eigenvalue weighted by atomic mass is 10.0. The number of carbonyl (C=O) groups excluding carboxylic acids is 2. The van der Waals surface area contributed by atoms with Crippen LogP contribution in [0.1, 0.15) is 26.3 Å². The molecule has 0 amide bonds. The lowest BCUT2D eigenvalue weighted by Gasteiger charge is -2.01. The van der Waals surface area contributed by atoms with Gasteiger partial charge in [-0.15, -0.1) is 0 Å². The van der Waals surface area contributed by atoms with Crippen molar-refractivity contribution in [3.05, 3.63) is 33.8 Å². The molecule has 0 N–H and O–H groups in total. The van der Waals surface area contributed by atoms with E-state index in [1.165, 1.54) is 6.07 Å². The van der Waals surface area contributed by atoms with Crippen LogP contribution in [-0.2, 0) is 0 Å². The minimum Gasteiger partial charge on any atom is -0.298 e. The maximum absolute atomic E-state index is 10.5. The van der Waals surface area contributed by atoms with Crippen molar-refractivity contribution in [2.45, 2.75) is 6.92 Å². The van der Waals surface area contributed by atoms with Crippen LogP contribution in [0.2, 0.25) is 5.02 Å². The SMILES string of the molecule is Cc1cc(Cl)cc(C=O)c1C=O. The van der Waals surface area contributed by atoms with E-state index >= 15 is 0 Å². The number of hydrogen-bond donors (Lipinski definition) is 0. The van der Waals surface area contributed by atoms with Gasteiger partial charge in [0.25, 0.3) is 0 Å². The Labute approximate surface area is 75.2 Å². The number of aldehydes is 2. The first-order chi connectivity index (χ1) is 5.69. The van der Waals surface area contributed by atoms with Gasteiger partial charge in [-0.3, -0.25) is 9.59 Å². The van der Waals surface area contributed by atoms with Crippen molar-refractivity contribution in [1.29, 1.82) is 0 Å². The first-order valence-corrected chi connectivity index (χ1v) is 3.77. The zero-order valence-corrected chi connectivity index (χ0v) is 7.26. The Morgan fingerprint density at radius 3 is 2.42 bits per heavy atom. The molecule has 0 saturated carbocycles. The van der Waals surface area contributed by atoms with Crippen LogP contribution in [0.5, 0.6) is 0 Å². The van der Waals surface area contributed by atoms with E-state index in [4.69, 9.17) is 11.6 Å². The van der Waals surface area contributed by atoms with Crippen LogP contribution in [-0.4, -0.2) is 12.6 Å². The van der Waals surface area contributed by atoms with Gasteiger partial charge in [0.15, 0.2) is 12.6 Å². The first-order valence-electron chi connectivity index (χ1n) is 3.39. The van der Waals surface area contributed by atoms with Crippen LogP contribution < -0.4 is 0 Å². The molecular weight excluding hydrogens is 176 g/mol. The summed E-state index contributed by atoms with van der Waals surface area (Å²) in [6.45, 7) is 1.74. The van der Waals surface area contributed by atoms with Crippen LogP contribution in [0.4, 0.5) is 0 Å². The van der Waals surface area contributed by atoms with Crippen molar-refractivity contribution in [2.75, 3.05) is 0 Å². The average molecular weight is 183 g/mol. The van der Waals surface area contributed by atoms with Crippen LogP contribution in [0.15, 0.2) is 12.1 Å². The van der Waals surface area contributed by atoms with Crippen molar-refractivity contribution in [3.63, 3.8) is 0 Å². The van der Waals surface area contributed by atoms with E-state index in [1.54, 1.807) is 13.0 Å². The average Bonchev–Trinajstić information content (AvgIpc) is 2.03. The normalized spacial score (nSPS) is 9.50. The Bertz CT molecular complexity index is 332. The molecule has 0 radical (unpaired) electrons. The van der Waals surface area contributed by atoms with Gasteiger partial charge in [0.1, 0.15) is 0 Å². The van der Waals surface area contributed by atoms with Gasteiger partial charge in [0.05, 0.1) is 0 Å². The minimum absolute atomic E-state index is 0.343. The Balaban J connectivity index is 3.43. The molecule has 0 aliphatic heterocycles. The van der Waals surface area contributed by atoms with Crippen LogP contribution in [0.25, 0.3) is 0 Å². The third-order valence-corrected chi connectivity index (χ3v) is 1.85. The smallest absolute Gasteiger partial charge is 0.151 e. The molecule has 1 aromatic carbocycles. The first kappa shape index (κ1) is 8.94. The Morgan fingerprint density at radius 1 is 1.25 bits per heavy atom. The number of hydrogen-bond acceptors (Lipinski definition) is 2. The van der Waals surface area contributed by atoms with Gasteiger partial charge in [0, 0.05) is 16.1 Å². The molecule has 3 heteroatoms. The number of rotatable bonds is 2. The molecule has 0 aromatic heterocycles. The molecule has 0 unspecified atom stereocenters. The minimum atomic E-state index is 0.343. The van der Waals surface area contributed by atoms with Gasteiger partial charge in [-0.05, 0) is 24.6 Å². The molecule has 12 heavy (non-hydrogen) atoms. The topological polar surface area (TPSA) is 34.1 Å². The molecule has 0 aliphatic carbocycles. The number of halogens is 1. The van der Waals surface area contributed by atoms with E-state index in [0.29, 0.717) is 28.7 Å². The molecule has 0 saturated heterocycles. The van der Waals surface area contributed by atoms with E-state index in [0.717, 1.165) is 5.56 Å². The number of benzene rings is 1. The lowest BCUT2D eigenvalue weighted by molar-refractivity contribution is 0.109. The second-order valence-electron chi connectivity index (χ2n) is 2.46. The van der Waals surface area contributed by atoms with Gasteiger partial charge >= 0.3 is 0 Å². The maximum Gasteiger partial charge on any atom is 0.151 e. The largest absolute Gasteiger partial charge is 0.298 e. The predicted molar refractivity (Wildman–Crippen MR) is 47.0 cm³/mol. The van der Waals surface area contributed by atoms with Crippen LogP contribution >= 0.6 is 11.6 Å². The number of carbonyl (C=O) groups is 2. The van der Waals surface area contributed by atoms with Gasteiger partial charge in [-0.1, -0.05) is 11.6 Å². The van der Waals surface area contributed by atoms with Crippen molar-refractivity contribution >= 4 is 24.2 Å². The number of aryl methyl sites for hydroxylation is 1. The molecule has 0 aliphatic rings.